The number of hydrogen-bond acceptors (Lipinski definition) is 20. The van der Waals surface area contributed by atoms with Gasteiger partial charge >= 0.3 is 21.1 Å². The minimum atomic E-state index is -0.565. The average Bonchev–Trinajstić information content (AvgIpc) is 4.03. The maximum atomic E-state index is 14.9. The van der Waals surface area contributed by atoms with Crippen LogP contribution in [0.15, 0.2) is 69.5 Å². The topological polar surface area (TPSA) is 369 Å². The van der Waals surface area contributed by atoms with E-state index in [9.17, 15) is 14.0 Å². The Morgan fingerprint density at radius 1 is 1.08 bits per heavy atom. The second kappa shape index (κ2) is 33.7. The van der Waals surface area contributed by atoms with Gasteiger partial charge < -0.3 is 55.6 Å². The van der Waals surface area contributed by atoms with Crippen LogP contribution in [0.25, 0.3) is 11.1 Å². The molecule has 1 aliphatic rings. The van der Waals surface area contributed by atoms with Crippen LogP contribution in [0.1, 0.15) is 24.1 Å². The number of carbonyl (C=O) groups is 2. The minimum Gasteiger partial charge on any atom is -0.555 e. The number of rotatable bonds is 16. The monoisotopic (exact) mass is 866 g/mol. The molecule has 2 aromatic carbocycles. The van der Waals surface area contributed by atoms with Crippen LogP contribution in [-0.4, -0.2) is 95.5 Å². The fourth-order valence-corrected chi connectivity index (χ4v) is 4.03. The summed E-state index contributed by atoms with van der Waals surface area (Å²) in [6, 6.07) is 14.0. The minimum absolute atomic E-state index is 0. The third-order valence-corrected chi connectivity index (χ3v) is 6.51. The van der Waals surface area contributed by atoms with Crippen LogP contribution in [0.3, 0.4) is 0 Å². The Hall–Kier alpha value is -6.36. The standard InChI is InChI=1S/C22H22FN5O4.C3H7BN3O2.C3H4BN2O.C3H5N3O.2ClH.H3NO/c1-14(29)25-10-18-12-28(22(30)32-18)17-6-7-19(20(23)8-17)16-4-2-15(3-5-16)9-24-11-21-26-13-31-27-21;5-2-9-4-1-3(6)7-8;5-2-1-4-7-3-6;4-1-3-5-2-7-6-3;;;1-2/h2-8,13,18,24H,9-12H2,1H3,(H,25,29);2,5,8H,1H2,(H2,6,7);3,6H,1H2;2H,1,4H2;2*1H;2H,1H2/t18-;;;;;;/m0....../s1. The molecule has 0 spiro atoms. The molecular weight excluding hydrogens is 824 g/mol. The summed E-state index contributed by atoms with van der Waals surface area (Å²) in [6.07, 6.45) is 3.47. The van der Waals surface area contributed by atoms with Crippen molar-refractivity contribution in [1.29, 1.82) is 16.1 Å². The molecule has 1 atom stereocenters. The van der Waals surface area contributed by atoms with Crippen molar-refractivity contribution in [3.8, 4) is 17.2 Å². The molecule has 3 heterocycles. The van der Waals surface area contributed by atoms with Crippen LogP contribution in [0.5, 0.6) is 0 Å². The molecule has 59 heavy (non-hydrogen) atoms. The van der Waals surface area contributed by atoms with Crippen LogP contribution in [0, 0.1) is 28.0 Å². The molecule has 5 rings (SSSR count). The molecule has 12 N–H and O–H groups in total. The van der Waals surface area contributed by atoms with E-state index in [0.717, 1.165) is 23.9 Å². The van der Waals surface area contributed by atoms with Crippen molar-refractivity contribution in [3.63, 3.8) is 0 Å². The summed E-state index contributed by atoms with van der Waals surface area (Å²) in [4.78, 5) is 32.1. The molecule has 1 aliphatic heterocycles. The number of halogens is 3. The lowest BCUT2D eigenvalue weighted by Gasteiger charge is -2.15. The molecule has 2 amide bonds. The third kappa shape index (κ3) is 22.8. The molecule has 318 valence electrons. The first-order valence-corrected chi connectivity index (χ1v) is 16.2. The largest absolute Gasteiger partial charge is 0.555 e. The molecule has 0 aliphatic carbocycles. The first-order valence-electron chi connectivity index (χ1n) is 16.2. The van der Waals surface area contributed by atoms with Gasteiger partial charge in [-0.2, -0.15) is 15.2 Å². The second-order valence-electron chi connectivity index (χ2n) is 10.4. The number of carbonyl (C=O) groups excluding carboxylic acids is 2. The van der Waals surface area contributed by atoms with E-state index in [1.54, 1.807) is 12.1 Å². The van der Waals surface area contributed by atoms with Gasteiger partial charge in [-0.25, -0.2) is 15.1 Å². The summed E-state index contributed by atoms with van der Waals surface area (Å²) in [5.41, 5.74) is 12.7. The Balaban J connectivity index is 0. The number of hydrogen-bond donors (Lipinski definition) is 9. The lowest BCUT2D eigenvalue weighted by atomic mass is 9.95. The molecule has 2 radical (unpaired) electrons. The van der Waals surface area contributed by atoms with Crippen LogP contribution in [-0.2, 0) is 38.5 Å². The van der Waals surface area contributed by atoms with Crippen LogP contribution in [0.4, 0.5) is 14.9 Å². The smallest absolute Gasteiger partial charge is 0.414 e. The number of oxime groups is 1. The van der Waals surface area contributed by atoms with Gasteiger partial charge in [0.05, 0.1) is 44.3 Å². The summed E-state index contributed by atoms with van der Waals surface area (Å²) >= 11 is 0. The van der Waals surface area contributed by atoms with Gasteiger partial charge in [-0.1, -0.05) is 39.7 Å². The molecule has 1 saturated heterocycles. The van der Waals surface area contributed by atoms with E-state index in [-0.39, 0.29) is 62.3 Å². The first-order chi connectivity index (χ1) is 27.6. The zero-order valence-electron chi connectivity index (χ0n) is 31.3. The van der Waals surface area contributed by atoms with Crippen molar-refractivity contribution >= 4 is 76.1 Å². The Morgan fingerprint density at radius 2 is 1.71 bits per heavy atom. The zero-order chi connectivity index (χ0) is 42.3. The number of aromatic nitrogens is 4. The van der Waals surface area contributed by atoms with E-state index < -0.39 is 18.0 Å². The van der Waals surface area contributed by atoms with Gasteiger partial charge in [0, 0.05) is 25.4 Å². The maximum Gasteiger partial charge on any atom is 0.414 e. The fourth-order valence-electron chi connectivity index (χ4n) is 4.03. The van der Waals surface area contributed by atoms with Gasteiger partial charge in [0.2, 0.25) is 18.7 Å². The van der Waals surface area contributed by atoms with E-state index in [4.69, 9.17) is 42.7 Å². The van der Waals surface area contributed by atoms with E-state index in [1.807, 2.05) is 30.3 Å². The van der Waals surface area contributed by atoms with Gasteiger partial charge in [0.1, 0.15) is 30.6 Å². The summed E-state index contributed by atoms with van der Waals surface area (Å²) in [5.74, 6) is 4.02. The van der Waals surface area contributed by atoms with Crippen LogP contribution >= 0.6 is 24.8 Å². The van der Waals surface area contributed by atoms with Crippen molar-refractivity contribution in [3.05, 3.63) is 78.3 Å². The number of amidine groups is 1. The summed E-state index contributed by atoms with van der Waals surface area (Å²) < 4.78 is 37.8. The Morgan fingerprint density at radius 3 is 2.22 bits per heavy atom. The lowest BCUT2D eigenvalue weighted by molar-refractivity contribution is -0.119. The molecule has 1 fully saturated rings. The van der Waals surface area contributed by atoms with E-state index in [1.165, 1.54) is 45.6 Å². The molecular formula is C31H43B2Cl2FN14O9. The summed E-state index contributed by atoms with van der Waals surface area (Å²) in [6.45, 7) is 3.28. The molecule has 2 aromatic heterocycles. The number of nitrogens with one attached hydrogen (secondary N) is 4. The van der Waals surface area contributed by atoms with Crippen molar-refractivity contribution in [1.82, 2.24) is 30.9 Å². The molecule has 23 nitrogen and oxygen atoms in total. The van der Waals surface area contributed by atoms with E-state index >= 15 is 0 Å². The number of amides is 2. The van der Waals surface area contributed by atoms with E-state index in [0.29, 0.717) is 42.5 Å². The van der Waals surface area contributed by atoms with Crippen LogP contribution < -0.4 is 32.9 Å². The second-order valence-corrected chi connectivity index (χ2v) is 10.4. The molecule has 4 aromatic rings. The van der Waals surface area contributed by atoms with Crippen molar-refractivity contribution in [2.45, 2.75) is 45.3 Å². The van der Waals surface area contributed by atoms with E-state index in [2.05, 4.69) is 60.3 Å². The molecule has 0 saturated carbocycles. The number of nitrogens with two attached hydrogens (primary N) is 3. The molecule has 28 heteroatoms. The Bertz CT molecular complexity index is 1820. The normalized spacial score (nSPS) is 12.0. The average molecular weight is 867 g/mol. The quantitative estimate of drug-likeness (QED) is 0.0194. The number of anilines is 1. The highest BCUT2D eigenvalue weighted by Gasteiger charge is 2.32. The number of nitrogens with zero attached hydrogens (tertiary/aromatic N) is 7. The Labute approximate surface area is 351 Å². The molecule has 0 unspecified atom stereocenters. The van der Waals surface area contributed by atoms with Gasteiger partial charge in [-0.3, -0.25) is 20.5 Å². The number of nitriles is 1. The highest BCUT2D eigenvalue weighted by molar-refractivity contribution is 6.36. The van der Waals surface area contributed by atoms with Gasteiger partial charge in [0.15, 0.2) is 11.6 Å². The highest BCUT2D eigenvalue weighted by Crippen LogP contribution is 2.29. The number of cyclic esters (lactones) is 1. The van der Waals surface area contributed by atoms with Crippen molar-refractivity contribution in [2.75, 3.05) is 18.0 Å². The number of ether oxygens (including phenoxy) is 1. The predicted octanol–water partition coefficient (Wildman–Crippen LogP) is 1.90. The lowest BCUT2D eigenvalue weighted by Crippen LogP contribution is -2.33. The van der Waals surface area contributed by atoms with Gasteiger partial charge in [-0.05, 0) is 29.3 Å². The molecule has 0 bridgehead atoms. The predicted molar refractivity (Wildman–Crippen MR) is 216 cm³/mol. The third-order valence-electron chi connectivity index (χ3n) is 6.51. The number of benzene rings is 2. The van der Waals surface area contributed by atoms with Crippen molar-refractivity contribution < 1.29 is 47.5 Å². The summed E-state index contributed by atoms with van der Waals surface area (Å²) in [5, 5.41) is 50.6. The SMILES string of the molecule is CC(=O)NC[C@H]1CN(c2ccc(-c3ccc(CNCc4ncon4)cc3)c(F)c2)C(=O)O1.Cl.Cl.N#CC[B]OC=N.N=CO[B]C/C(N)=N/O.NCc1ncon1.NO. The fraction of sp³-hybridized carbons (Fsp3) is 0.290. The van der Waals surface area contributed by atoms with Gasteiger partial charge in [-0.15, -0.1) is 24.8 Å². The Kier molecular flexibility index (Phi) is 31.3. The first kappa shape index (κ1) is 54.7. The van der Waals surface area contributed by atoms with Gasteiger partial charge in [0.25, 0.3) is 0 Å². The zero-order valence-corrected chi connectivity index (χ0v) is 33.0. The van der Waals surface area contributed by atoms with Crippen molar-refractivity contribution in [2.24, 2.45) is 22.5 Å². The summed E-state index contributed by atoms with van der Waals surface area (Å²) in [7, 11) is 2.51. The maximum absolute atomic E-state index is 14.9. The van der Waals surface area contributed by atoms with Crippen LogP contribution in [0.2, 0.25) is 12.6 Å². The highest BCUT2D eigenvalue weighted by atomic mass is 35.5.